The maximum Gasteiger partial charge on any atom is 0.332 e. The molecule has 1 atom stereocenters. The molecule has 0 radical (unpaired) electrons. The highest BCUT2D eigenvalue weighted by Gasteiger charge is 2.12. The lowest BCUT2D eigenvalue weighted by Crippen LogP contribution is -2.45. The van der Waals surface area contributed by atoms with Crippen molar-refractivity contribution in [1.82, 2.24) is 10.6 Å². The van der Waals surface area contributed by atoms with E-state index in [2.05, 4.69) is 10.6 Å². The first-order chi connectivity index (χ1) is 8.47. The van der Waals surface area contributed by atoms with E-state index in [9.17, 15) is 9.59 Å². The number of ether oxygens (including phenoxy) is 2. The molecule has 0 aromatic carbocycles. The molecular formula is C12H24N2O4. The summed E-state index contributed by atoms with van der Waals surface area (Å²) in [7, 11) is 0. The molecule has 0 bridgehead atoms. The van der Waals surface area contributed by atoms with Crippen molar-refractivity contribution in [3.05, 3.63) is 0 Å². The summed E-state index contributed by atoms with van der Waals surface area (Å²) in [6.45, 7) is 8.51. The van der Waals surface area contributed by atoms with Crippen LogP contribution in [-0.4, -0.2) is 50.3 Å². The highest BCUT2D eigenvalue weighted by Crippen LogP contribution is 1.86. The van der Waals surface area contributed by atoms with Gasteiger partial charge in [-0.25, -0.2) is 4.79 Å². The number of hydrogen-bond donors (Lipinski definition) is 2. The summed E-state index contributed by atoms with van der Waals surface area (Å²) in [4.78, 5) is 22.5. The molecule has 18 heavy (non-hydrogen) atoms. The van der Waals surface area contributed by atoms with Gasteiger partial charge < -0.3 is 20.1 Å². The molecule has 0 aliphatic rings. The van der Waals surface area contributed by atoms with Gasteiger partial charge >= 0.3 is 5.97 Å². The van der Waals surface area contributed by atoms with Crippen LogP contribution in [0.3, 0.4) is 0 Å². The van der Waals surface area contributed by atoms with Gasteiger partial charge in [0.2, 0.25) is 5.91 Å². The Morgan fingerprint density at radius 3 is 2.44 bits per heavy atom. The van der Waals surface area contributed by atoms with Gasteiger partial charge in [-0.3, -0.25) is 4.79 Å². The maximum atomic E-state index is 11.5. The van der Waals surface area contributed by atoms with Crippen molar-refractivity contribution in [2.75, 3.05) is 26.4 Å². The summed E-state index contributed by atoms with van der Waals surface area (Å²) >= 11 is 0. The summed E-state index contributed by atoms with van der Waals surface area (Å²) in [6.07, 6.45) is 0. The van der Waals surface area contributed by atoms with Crippen molar-refractivity contribution >= 4 is 11.9 Å². The smallest absolute Gasteiger partial charge is 0.332 e. The summed E-state index contributed by atoms with van der Waals surface area (Å²) in [5.74, 6) is -0.418. The number of amides is 1. The molecular weight excluding hydrogens is 236 g/mol. The average Bonchev–Trinajstić information content (AvgIpc) is 2.27. The Balaban J connectivity index is 3.54. The van der Waals surface area contributed by atoms with E-state index in [-0.39, 0.29) is 30.6 Å². The summed E-state index contributed by atoms with van der Waals surface area (Å²) in [6, 6.07) is -0.152. The van der Waals surface area contributed by atoms with Crippen molar-refractivity contribution in [3.8, 4) is 0 Å². The van der Waals surface area contributed by atoms with Crippen LogP contribution >= 0.6 is 0 Å². The van der Waals surface area contributed by atoms with Gasteiger partial charge in [0, 0.05) is 12.6 Å². The standard InChI is InChI=1S/C12H24N2O4/c1-5-18-11(15)8-17-7-6-13-10(4)12(16)14-9(2)3/h9-10,13H,5-8H2,1-4H3,(H,14,16). The number of esters is 1. The van der Waals surface area contributed by atoms with Gasteiger partial charge in [-0.05, 0) is 27.7 Å². The highest BCUT2D eigenvalue weighted by atomic mass is 16.6. The molecule has 0 aromatic heterocycles. The molecule has 1 amide bonds. The van der Waals surface area contributed by atoms with Gasteiger partial charge in [0.05, 0.1) is 19.3 Å². The first-order valence-corrected chi connectivity index (χ1v) is 6.24. The van der Waals surface area contributed by atoms with Crippen LogP contribution < -0.4 is 10.6 Å². The fourth-order valence-electron chi connectivity index (χ4n) is 1.21. The fourth-order valence-corrected chi connectivity index (χ4v) is 1.21. The first kappa shape index (κ1) is 16.9. The normalized spacial score (nSPS) is 12.3. The van der Waals surface area contributed by atoms with Crippen molar-refractivity contribution in [1.29, 1.82) is 0 Å². The molecule has 0 rings (SSSR count). The second-order valence-electron chi connectivity index (χ2n) is 4.20. The van der Waals surface area contributed by atoms with Crippen LogP contribution in [0.1, 0.15) is 27.7 Å². The summed E-state index contributed by atoms with van der Waals surface area (Å²) in [5, 5.41) is 5.81. The van der Waals surface area contributed by atoms with E-state index in [1.54, 1.807) is 13.8 Å². The zero-order valence-corrected chi connectivity index (χ0v) is 11.6. The molecule has 6 nitrogen and oxygen atoms in total. The SMILES string of the molecule is CCOC(=O)COCCNC(C)C(=O)NC(C)C. The molecule has 6 heteroatoms. The number of carbonyl (C=O) groups excluding carboxylic acids is 2. The second-order valence-corrected chi connectivity index (χ2v) is 4.20. The number of nitrogens with one attached hydrogen (secondary N) is 2. The van der Waals surface area contributed by atoms with Crippen molar-refractivity contribution in [2.24, 2.45) is 0 Å². The molecule has 0 aromatic rings. The van der Waals surface area contributed by atoms with Crippen LogP contribution in [0, 0.1) is 0 Å². The Labute approximate surface area is 108 Å². The van der Waals surface area contributed by atoms with E-state index in [1.165, 1.54) is 0 Å². The van der Waals surface area contributed by atoms with Gasteiger partial charge in [-0.1, -0.05) is 0 Å². The predicted octanol–water partition coefficient (Wildman–Crippen LogP) is 0.0688. The van der Waals surface area contributed by atoms with Gasteiger partial charge in [0.15, 0.2) is 0 Å². The molecule has 0 fully saturated rings. The molecule has 0 aliphatic heterocycles. The lowest BCUT2D eigenvalue weighted by molar-refractivity contribution is -0.148. The molecule has 106 valence electrons. The minimum atomic E-state index is -0.372. The fraction of sp³-hybridized carbons (Fsp3) is 0.833. The van der Waals surface area contributed by atoms with E-state index in [4.69, 9.17) is 9.47 Å². The first-order valence-electron chi connectivity index (χ1n) is 6.24. The van der Waals surface area contributed by atoms with E-state index in [0.717, 1.165) is 0 Å². The Bertz CT molecular complexity index is 256. The third kappa shape index (κ3) is 8.95. The molecule has 0 saturated carbocycles. The van der Waals surface area contributed by atoms with E-state index in [0.29, 0.717) is 19.8 Å². The lowest BCUT2D eigenvalue weighted by Gasteiger charge is -2.15. The second kappa shape index (κ2) is 9.85. The Morgan fingerprint density at radius 1 is 1.22 bits per heavy atom. The molecule has 0 saturated heterocycles. The van der Waals surface area contributed by atoms with Crippen LogP contribution in [0.2, 0.25) is 0 Å². The minimum absolute atomic E-state index is 0.0459. The molecule has 0 spiro atoms. The van der Waals surface area contributed by atoms with Gasteiger partial charge in [0.1, 0.15) is 6.61 Å². The highest BCUT2D eigenvalue weighted by molar-refractivity contribution is 5.81. The third-order valence-electron chi connectivity index (χ3n) is 2.05. The lowest BCUT2D eigenvalue weighted by atomic mass is 10.3. The number of hydrogen-bond acceptors (Lipinski definition) is 5. The molecule has 0 aliphatic carbocycles. The number of rotatable bonds is 9. The van der Waals surface area contributed by atoms with Crippen molar-refractivity contribution in [2.45, 2.75) is 39.8 Å². The van der Waals surface area contributed by atoms with E-state index < -0.39 is 0 Å². The molecule has 1 unspecified atom stereocenters. The summed E-state index contributed by atoms with van der Waals surface area (Å²) in [5.41, 5.74) is 0. The Morgan fingerprint density at radius 2 is 1.89 bits per heavy atom. The molecule has 2 N–H and O–H groups in total. The molecule has 0 heterocycles. The van der Waals surface area contributed by atoms with E-state index >= 15 is 0 Å². The van der Waals surface area contributed by atoms with Crippen LogP contribution in [-0.2, 0) is 19.1 Å². The van der Waals surface area contributed by atoms with E-state index in [1.807, 2.05) is 13.8 Å². The van der Waals surface area contributed by atoms with Gasteiger partial charge in [-0.15, -0.1) is 0 Å². The predicted molar refractivity (Wildman–Crippen MR) is 68.2 cm³/mol. The Kier molecular flexibility index (Phi) is 9.22. The van der Waals surface area contributed by atoms with Crippen molar-refractivity contribution < 1.29 is 19.1 Å². The Hall–Kier alpha value is -1.14. The van der Waals surface area contributed by atoms with Gasteiger partial charge in [-0.2, -0.15) is 0 Å². The van der Waals surface area contributed by atoms with Crippen LogP contribution in [0.25, 0.3) is 0 Å². The quantitative estimate of drug-likeness (QED) is 0.453. The topological polar surface area (TPSA) is 76.7 Å². The van der Waals surface area contributed by atoms with Crippen LogP contribution in [0.4, 0.5) is 0 Å². The average molecular weight is 260 g/mol. The van der Waals surface area contributed by atoms with Gasteiger partial charge in [0.25, 0.3) is 0 Å². The van der Waals surface area contributed by atoms with Crippen molar-refractivity contribution in [3.63, 3.8) is 0 Å². The zero-order chi connectivity index (χ0) is 14.0. The van der Waals surface area contributed by atoms with Crippen LogP contribution in [0.15, 0.2) is 0 Å². The monoisotopic (exact) mass is 260 g/mol. The summed E-state index contributed by atoms with van der Waals surface area (Å²) < 4.78 is 9.79. The maximum absolute atomic E-state index is 11.5. The minimum Gasteiger partial charge on any atom is -0.464 e. The number of carbonyl (C=O) groups is 2. The third-order valence-corrected chi connectivity index (χ3v) is 2.05. The zero-order valence-electron chi connectivity index (χ0n) is 11.6. The largest absolute Gasteiger partial charge is 0.464 e. The van der Waals surface area contributed by atoms with Crippen LogP contribution in [0.5, 0.6) is 0 Å².